The number of phenols is 1. The summed E-state index contributed by atoms with van der Waals surface area (Å²) >= 11 is 0. The summed E-state index contributed by atoms with van der Waals surface area (Å²) in [6, 6.07) is 9.38. The Balaban J connectivity index is 1.61. The molecule has 0 unspecified atom stereocenters. The number of hydrogen-bond donors (Lipinski definition) is 2. The molecule has 1 aliphatic rings. The van der Waals surface area contributed by atoms with Crippen molar-refractivity contribution >= 4 is 5.91 Å². The highest BCUT2D eigenvalue weighted by molar-refractivity contribution is 5.97. The molecule has 7 heteroatoms. The second-order valence-corrected chi connectivity index (χ2v) is 8.28. The topological polar surface area (TPSA) is 80.3 Å². The van der Waals surface area contributed by atoms with Crippen LogP contribution in [0.25, 0.3) is 0 Å². The number of rotatable bonds is 9. The Morgan fingerprint density at radius 1 is 1.12 bits per heavy atom. The van der Waals surface area contributed by atoms with E-state index in [1.54, 1.807) is 32.4 Å². The van der Waals surface area contributed by atoms with Gasteiger partial charge in [0.2, 0.25) is 0 Å². The summed E-state index contributed by atoms with van der Waals surface area (Å²) in [5.74, 6) is 1.39. The molecule has 7 nitrogen and oxygen atoms in total. The maximum Gasteiger partial charge on any atom is 0.255 e. The largest absolute Gasteiger partial charge is 0.507 e. The van der Waals surface area contributed by atoms with Crippen LogP contribution in [0.4, 0.5) is 0 Å². The number of carbonyl (C=O) groups excluding carboxylic acids is 1. The number of methoxy groups -OCH3 is 2. The van der Waals surface area contributed by atoms with Gasteiger partial charge in [-0.05, 0) is 55.5 Å². The van der Waals surface area contributed by atoms with E-state index in [0.717, 1.165) is 43.6 Å². The number of piperidine rings is 1. The molecular weight excluding hydrogens is 408 g/mol. The predicted octanol–water partition coefficient (Wildman–Crippen LogP) is 3.44. The predicted molar refractivity (Wildman–Crippen MR) is 124 cm³/mol. The van der Waals surface area contributed by atoms with Gasteiger partial charge in [-0.2, -0.15) is 0 Å². The van der Waals surface area contributed by atoms with Crippen LogP contribution in [0, 0.1) is 13.8 Å². The van der Waals surface area contributed by atoms with Crippen molar-refractivity contribution in [1.82, 2.24) is 10.2 Å². The number of aromatic hydroxyl groups is 1. The Morgan fingerprint density at radius 3 is 2.44 bits per heavy atom. The molecule has 2 aromatic carbocycles. The average molecular weight is 443 g/mol. The van der Waals surface area contributed by atoms with Gasteiger partial charge in [-0.15, -0.1) is 0 Å². The second-order valence-electron chi connectivity index (χ2n) is 8.28. The molecule has 1 amide bonds. The molecule has 0 radical (unpaired) electrons. The maximum absolute atomic E-state index is 12.6. The first-order chi connectivity index (χ1) is 15.4. The quantitative estimate of drug-likeness (QED) is 0.579. The Bertz CT molecular complexity index is 900. The van der Waals surface area contributed by atoms with Gasteiger partial charge in [-0.3, -0.25) is 9.69 Å². The van der Waals surface area contributed by atoms with E-state index < -0.39 is 0 Å². The van der Waals surface area contributed by atoms with E-state index in [0.29, 0.717) is 36.0 Å². The van der Waals surface area contributed by atoms with Gasteiger partial charge in [0.05, 0.1) is 19.3 Å². The molecule has 2 N–H and O–H groups in total. The van der Waals surface area contributed by atoms with Crippen LogP contribution < -0.4 is 14.8 Å². The van der Waals surface area contributed by atoms with Crippen molar-refractivity contribution in [3.63, 3.8) is 0 Å². The van der Waals surface area contributed by atoms with Crippen LogP contribution in [-0.4, -0.2) is 62.5 Å². The van der Waals surface area contributed by atoms with Crippen LogP contribution in [0.2, 0.25) is 0 Å². The standard InChI is InChI=1S/C25H34N2O5/c1-17-13-19(14-18(2)24(17)28)16-27-10-7-20(8-11-27)32-23-15-21(31-4)5-6-22(23)25(29)26-9-12-30-3/h5-6,13-15,20,28H,7-12,16H2,1-4H3,(H,26,29). The van der Waals surface area contributed by atoms with Gasteiger partial charge in [0, 0.05) is 39.4 Å². The van der Waals surface area contributed by atoms with Gasteiger partial charge >= 0.3 is 0 Å². The lowest BCUT2D eigenvalue weighted by molar-refractivity contribution is 0.0881. The summed E-state index contributed by atoms with van der Waals surface area (Å²) in [7, 11) is 3.20. The van der Waals surface area contributed by atoms with E-state index in [4.69, 9.17) is 14.2 Å². The number of phenolic OH excluding ortho intramolecular Hbond substituents is 1. The number of nitrogens with zero attached hydrogens (tertiary/aromatic N) is 1. The number of benzene rings is 2. The fourth-order valence-corrected chi connectivity index (χ4v) is 4.04. The SMILES string of the molecule is COCCNC(=O)c1ccc(OC)cc1OC1CCN(Cc2cc(C)c(O)c(C)c2)CC1. The van der Waals surface area contributed by atoms with Crippen LogP contribution in [0.5, 0.6) is 17.2 Å². The molecule has 0 atom stereocenters. The van der Waals surface area contributed by atoms with E-state index >= 15 is 0 Å². The van der Waals surface area contributed by atoms with E-state index in [1.807, 2.05) is 13.8 Å². The molecule has 32 heavy (non-hydrogen) atoms. The smallest absolute Gasteiger partial charge is 0.255 e. The molecule has 0 aromatic heterocycles. The summed E-state index contributed by atoms with van der Waals surface area (Å²) < 4.78 is 16.6. The number of aryl methyl sites for hydroxylation is 2. The van der Waals surface area contributed by atoms with Gasteiger partial charge in [-0.25, -0.2) is 0 Å². The minimum Gasteiger partial charge on any atom is -0.507 e. The van der Waals surface area contributed by atoms with E-state index in [9.17, 15) is 9.90 Å². The summed E-state index contributed by atoms with van der Waals surface area (Å²) in [5, 5.41) is 12.8. The number of nitrogens with one attached hydrogen (secondary N) is 1. The molecule has 0 aliphatic carbocycles. The van der Waals surface area contributed by atoms with E-state index in [2.05, 4.69) is 22.3 Å². The summed E-state index contributed by atoms with van der Waals surface area (Å²) in [6.07, 6.45) is 1.78. The number of amides is 1. The lowest BCUT2D eigenvalue weighted by Crippen LogP contribution is -2.38. The van der Waals surface area contributed by atoms with Crippen LogP contribution in [-0.2, 0) is 11.3 Å². The third-order valence-electron chi connectivity index (χ3n) is 5.81. The lowest BCUT2D eigenvalue weighted by atomic mass is 10.0. The lowest BCUT2D eigenvalue weighted by Gasteiger charge is -2.32. The highest BCUT2D eigenvalue weighted by atomic mass is 16.5. The normalized spacial score (nSPS) is 14.9. The highest BCUT2D eigenvalue weighted by Crippen LogP contribution is 2.29. The van der Waals surface area contributed by atoms with Crippen LogP contribution >= 0.6 is 0 Å². The van der Waals surface area contributed by atoms with Crippen molar-refractivity contribution in [2.24, 2.45) is 0 Å². The molecule has 3 rings (SSSR count). The van der Waals surface area contributed by atoms with Gasteiger partial charge in [-0.1, -0.05) is 12.1 Å². The Morgan fingerprint density at radius 2 is 1.81 bits per heavy atom. The molecule has 0 bridgehead atoms. The zero-order chi connectivity index (χ0) is 23.1. The fraction of sp³-hybridized carbons (Fsp3) is 0.480. The molecule has 0 saturated carbocycles. The molecule has 1 saturated heterocycles. The summed E-state index contributed by atoms with van der Waals surface area (Å²) in [4.78, 5) is 15.0. The molecule has 1 fully saturated rings. The molecule has 0 spiro atoms. The molecule has 2 aromatic rings. The minimum atomic E-state index is -0.185. The monoisotopic (exact) mass is 442 g/mol. The third-order valence-corrected chi connectivity index (χ3v) is 5.81. The fourth-order valence-electron chi connectivity index (χ4n) is 4.04. The molecular formula is C25H34N2O5. The number of ether oxygens (including phenoxy) is 3. The van der Waals surface area contributed by atoms with Crippen molar-refractivity contribution < 1.29 is 24.1 Å². The van der Waals surface area contributed by atoms with Gasteiger partial charge in [0.15, 0.2) is 0 Å². The number of hydrogen-bond acceptors (Lipinski definition) is 6. The molecule has 1 aliphatic heterocycles. The van der Waals surface area contributed by atoms with E-state index in [1.165, 1.54) is 5.56 Å². The van der Waals surface area contributed by atoms with Crippen molar-refractivity contribution in [2.45, 2.75) is 39.3 Å². The van der Waals surface area contributed by atoms with Crippen molar-refractivity contribution in [2.75, 3.05) is 40.5 Å². The highest BCUT2D eigenvalue weighted by Gasteiger charge is 2.23. The van der Waals surface area contributed by atoms with E-state index in [-0.39, 0.29) is 12.0 Å². The number of carbonyl (C=O) groups is 1. The minimum absolute atomic E-state index is 0.0344. The zero-order valence-corrected chi connectivity index (χ0v) is 19.4. The molecule has 174 valence electrons. The van der Waals surface area contributed by atoms with Crippen LogP contribution in [0.15, 0.2) is 30.3 Å². The summed E-state index contributed by atoms with van der Waals surface area (Å²) in [5.41, 5.74) is 3.53. The first-order valence-corrected chi connectivity index (χ1v) is 11.0. The van der Waals surface area contributed by atoms with Crippen molar-refractivity contribution in [3.05, 3.63) is 52.6 Å². The zero-order valence-electron chi connectivity index (χ0n) is 19.4. The summed E-state index contributed by atoms with van der Waals surface area (Å²) in [6.45, 7) is 7.42. The van der Waals surface area contributed by atoms with Gasteiger partial charge in [0.25, 0.3) is 5.91 Å². The maximum atomic E-state index is 12.6. The number of likely N-dealkylation sites (tertiary alicyclic amines) is 1. The first kappa shape index (κ1) is 23.9. The Hall–Kier alpha value is -2.77. The van der Waals surface area contributed by atoms with Crippen LogP contribution in [0.3, 0.4) is 0 Å². The average Bonchev–Trinajstić information content (AvgIpc) is 2.78. The van der Waals surface area contributed by atoms with Crippen molar-refractivity contribution in [3.8, 4) is 17.2 Å². The Labute approximate surface area is 190 Å². The third kappa shape index (κ3) is 6.14. The van der Waals surface area contributed by atoms with Crippen LogP contribution in [0.1, 0.15) is 39.9 Å². The van der Waals surface area contributed by atoms with Crippen molar-refractivity contribution in [1.29, 1.82) is 0 Å². The first-order valence-electron chi connectivity index (χ1n) is 11.0. The van der Waals surface area contributed by atoms with Gasteiger partial charge < -0.3 is 24.6 Å². The van der Waals surface area contributed by atoms with Gasteiger partial charge in [0.1, 0.15) is 23.4 Å². The second kappa shape index (κ2) is 11.2. The Kier molecular flexibility index (Phi) is 8.36. The molecule has 1 heterocycles.